The summed E-state index contributed by atoms with van der Waals surface area (Å²) in [5.74, 6) is 0.177. The minimum Gasteiger partial charge on any atom is -0.351 e. The summed E-state index contributed by atoms with van der Waals surface area (Å²) < 4.78 is 22.6. The van der Waals surface area contributed by atoms with Crippen molar-refractivity contribution >= 4 is 15.7 Å². The Kier molecular flexibility index (Phi) is 4.24. The molecule has 3 N–H and O–H groups in total. The highest BCUT2D eigenvalue weighted by atomic mass is 32.2. The number of piperidine rings is 1. The third-order valence-electron chi connectivity index (χ3n) is 3.51. The Morgan fingerprint density at radius 2 is 2.17 bits per heavy atom. The second-order valence-corrected chi connectivity index (χ2v) is 7.53. The van der Waals surface area contributed by atoms with Crippen molar-refractivity contribution in [2.75, 3.05) is 31.1 Å². The van der Waals surface area contributed by atoms with E-state index in [2.05, 4.69) is 5.32 Å². The summed E-state index contributed by atoms with van der Waals surface area (Å²) in [4.78, 5) is 13.8. The van der Waals surface area contributed by atoms with Gasteiger partial charge in [-0.1, -0.05) is 0 Å². The third-order valence-corrected chi connectivity index (χ3v) is 5.27. The van der Waals surface area contributed by atoms with Crippen molar-refractivity contribution in [1.29, 1.82) is 0 Å². The van der Waals surface area contributed by atoms with Crippen LogP contribution in [0.1, 0.15) is 19.3 Å². The van der Waals surface area contributed by atoms with Crippen molar-refractivity contribution in [3.05, 3.63) is 0 Å². The number of nitrogens with zero attached hydrogens (tertiary/aromatic N) is 1. The molecule has 0 radical (unpaired) electrons. The molecule has 2 unspecified atom stereocenters. The smallest absolute Gasteiger partial charge is 0.234 e. The average Bonchev–Trinajstić information content (AvgIpc) is 2.57. The van der Waals surface area contributed by atoms with Crippen LogP contribution in [0.5, 0.6) is 0 Å². The Morgan fingerprint density at radius 3 is 2.78 bits per heavy atom. The lowest BCUT2D eigenvalue weighted by Crippen LogP contribution is -2.48. The van der Waals surface area contributed by atoms with Crippen LogP contribution in [0.15, 0.2) is 0 Å². The minimum atomic E-state index is -2.93. The lowest BCUT2D eigenvalue weighted by Gasteiger charge is -2.30. The number of hydrogen-bond acceptors (Lipinski definition) is 5. The summed E-state index contributed by atoms with van der Waals surface area (Å²) >= 11 is 0. The van der Waals surface area contributed by atoms with Crippen LogP contribution in [0.2, 0.25) is 0 Å². The van der Waals surface area contributed by atoms with Gasteiger partial charge in [0.1, 0.15) is 0 Å². The van der Waals surface area contributed by atoms with Crippen molar-refractivity contribution in [1.82, 2.24) is 10.2 Å². The highest BCUT2D eigenvalue weighted by Gasteiger charge is 2.29. The molecule has 2 fully saturated rings. The average molecular weight is 275 g/mol. The van der Waals surface area contributed by atoms with Crippen molar-refractivity contribution < 1.29 is 13.2 Å². The van der Waals surface area contributed by atoms with Crippen LogP contribution in [0.4, 0.5) is 0 Å². The van der Waals surface area contributed by atoms with Gasteiger partial charge >= 0.3 is 0 Å². The van der Waals surface area contributed by atoms with Crippen LogP contribution in [-0.2, 0) is 14.6 Å². The second-order valence-electron chi connectivity index (χ2n) is 5.30. The number of nitrogens with two attached hydrogens (primary N) is 1. The Hall–Kier alpha value is -0.660. The maximum Gasteiger partial charge on any atom is 0.234 e. The van der Waals surface area contributed by atoms with E-state index in [0.29, 0.717) is 13.0 Å². The highest BCUT2D eigenvalue weighted by Crippen LogP contribution is 2.12. The van der Waals surface area contributed by atoms with Gasteiger partial charge in [-0.2, -0.15) is 0 Å². The van der Waals surface area contributed by atoms with Crippen molar-refractivity contribution in [3.63, 3.8) is 0 Å². The molecule has 0 aromatic rings. The Labute approximate surface area is 108 Å². The van der Waals surface area contributed by atoms with E-state index in [4.69, 9.17) is 5.73 Å². The fourth-order valence-corrected chi connectivity index (χ4v) is 4.29. The summed E-state index contributed by atoms with van der Waals surface area (Å²) in [6, 6.07) is -0.0561. The van der Waals surface area contributed by atoms with Gasteiger partial charge in [0.2, 0.25) is 5.91 Å². The SMILES string of the molecule is NC1CCCN(CC(=O)NC2CCS(=O)(=O)C2)C1. The first-order valence-electron chi connectivity index (χ1n) is 6.42. The zero-order valence-corrected chi connectivity index (χ0v) is 11.3. The number of sulfone groups is 1. The first-order valence-corrected chi connectivity index (χ1v) is 8.24. The molecule has 6 nitrogen and oxygen atoms in total. The number of hydrogen-bond donors (Lipinski definition) is 2. The number of amides is 1. The number of nitrogens with one attached hydrogen (secondary N) is 1. The molecule has 2 aliphatic rings. The molecule has 2 heterocycles. The van der Waals surface area contributed by atoms with Gasteiger partial charge in [0.25, 0.3) is 0 Å². The topological polar surface area (TPSA) is 92.5 Å². The standard InChI is InChI=1S/C11H21N3O3S/c12-9-2-1-4-14(6-9)7-11(15)13-10-3-5-18(16,17)8-10/h9-10H,1-8,12H2,(H,13,15). The quantitative estimate of drug-likeness (QED) is 0.669. The number of carbonyl (C=O) groups excluding carboxylic acids is 1. The van der Waals surface area contributed by atoms with E-state index in [1.54, 1.807) is 0 Å². The summed E-state index contributed by atoms with van der Waals surface area (Å²) in [5, 5.41) is 2.80. The van der Waals surface area contributed by atoms with Crippen LogP contribution >= 0.6 is 0 Å². The van der Waals surface area contributed by atoms with Crippen molar-refractivity contribution in [2.24, 2.45) is 5.73 Å². The van der Waals surface area contributed by atoms with Gasteiger partial charge in [-0.05, 0) is 25.8 Å². The van der Waals surface area contributed by atoms with Crippen molar-refractivity contribution in [2.45, 2.75) is 31.3 Å². The molecule has 2 rings (SSSR count). The van der Waals surface area contributed by atoms with E-state index in [0.717, 1.165) is 25.9 Å². The third kappa shape index (κ3) is 3.93. The van der Waals surface area contributed by atoms with E-state index in [-0.39, 0.29) is 29.5 Å². The predicted octanol–water partition coefficient (Wildman–Crippen LogP) is -1.29. The molecular weight excluding hydrogens is 254 g/mol. The first kappa shape index (κ1) is 13.8. The van der Waals surface area contributed by atoms with Gasteiger partial charge in [0.05, 0.1) is 18.1 Å². The van der Waals surface area contributed by atoms with E-state index >= 15 is 0 Å². The maximum absolute atomic E-state index is 11.8. The number of carbonyl (C=O) groups is 1. The predicted molar refractivity (Wildman–Crippen MR) is 68.9 cm³/mol. The summed E-state index contributed by atoms with van der Waals surface area (Å²) in [6.45, 7) is 1.96. The normalized spacial score (nSPS) is 32.3. The maximum atomic E-state index is 11.8. The first-order chi connectivity index (χ1) is 8.44. The molecular formula is C11H21N3O3S. The van der Waals surface area contributed by atoms with Gasteiger partial charge < -0.3 is 11.1 Å². The monoisotopic (exact) mass is 275 g/mol. The van der Waals surface area contributed by atoms with Crippen molar-refractivity contribution in [3.8, 4) is 0 Å². The fourth-order valence-electron chi connectivity index (χ4n) is 2.62. The van der Waals surface area contributed by atoms with Gasteiger partial charge in [-0.15, -0.1) is 0 Å². The largest absolute Gasteiger partial charge is 0.351 e. The molecule has 0 saturated carbocycles. The van der Waals surface area contributed by atoms with Gasteiger partial charge in [-0.25, -0.2) is 8.42 Å². The Balaban J connectivity index is 1.75. The molecule has 7 heteroatoms. The molecule has 2 aliphatic heterocycles. The summed E-state index contributed by atoms with van der Waals surface area (Å²) in [7, 11) is -2.93. The summed E-state index contributed by atoms with van der Waals surface area (Å²) in [6.07, 6.45) is 2.57. The van der Waals surface area contributed by atoms with Crippen LogP contribution < -0.4 is 11.1 Å². The number of rotatable bonds is 3. The molecule has 104 valence electrons. The molecule has 2 saturated heterocycles. The van der Waals surface area contributed by atoms with E-state index < -0.39 is 9.84 Å². The molecule has 0 aromatic carbocycles. The molecule has 18 heavy (non-hydrogen) atoms. The van der Waals surface area contributed by atoms with E-state index in [1.807, 2.05) is 4.90 Å². The molecule has 0 spiro atoms. The highest BCUT2D eigenvalue weighted by molar-refractivity contribution is 7.91. The molecule has 2 atom stereocenters. The van der Waals surface area contributed by atoms with Gasteiger partial charge in [0.15, 0.2) is 9.84 Å². The van der Waals surface area contributed by atoms with Gasteiger partial charge in [0, 0.05) is 18.6 Å². The van der Waals surface area contributed by atoms with Gasteiger partial charge in [-0.3, -0.25) is 9.69 Å². The van der Waals surface area contributed by atoms with Crippen LogP contribution in [0.3, 0.4) is 0 Å². The Morgan fingerprint density at radius 1 is 1.39 bits per heavy atom. The molecule has 0 aromatic heterocycles. The lowest BCUT2D eigenvalue weighted by atomic mass is 10.1. The molecule has 0 bridgehead atoms. The van der Waals surface area contributed by atoms with E-state index in [1.165, 1.54) is 0 Å². The minimum absolute atomic E-state index is 0.0816. The van der Waals surface area contributed by atoms with Crippen LogP contribution in [0, 0.1) is 0 Å². The lowest BCUT2D eigenvalue weighted by molar-refractivity contribution is -0.123. The molecule has 0 aliphatic carbocycles. The fraction of sp³-hybridized carbons (Fsp3) is 0.909. The zero-order chi connectivity index (χ0) is 13.2. The zero-order valence-electron chi connectivity index (χ0n) is 10.5. The molecule has 1 amide bonds. The van der Waals surface area contributed by atoms with Crippen LogP contribution in [0.25, 0.3) is 0 Å². The van der Waals surface area contributed by atoms with Crippen LogP contribution in [-0.4, -0.2) is 62.4 Å². The summed E-state index contributed by atoms with van der Waals surface area (Å²) in [5.41, 5.74) is 5.85. The second kappa shape index (κ2) is 5.54. The Bertz CT molecular complexity index is 410. The number of likely N-dealkylation sites (tertiary alicyclic amines) is 1. The van der Waals surface area contributed by atoms with E-state index in [9.17, 15) is 13.2 Å².